The van der Waals surface area contributed by atoms with Crippen molar-refractivity contribution in [1.29, 1.82) is 0 Å². The summed E-state index contributed by atoms with van der Waals surface area (Å²) in [6.07, 6.45) is 2.60. The van der Waals surface area contributed by atoms with E-state index in [1.54, 1.807) is 24.1 Å². The van der Waals surface area contributed by atoms with Crippen molar-refractivity contribution in [3.63, 3.8) is 0 Å². The number of hydrogen-bond acceptors (Lipinski definition) is 2. The first-order valence-electron chi connectivity index (χ1n) is 6.25. The molecule has 0 spiro atoms. The lowest BCUT2D eigenvalue weighted by molar-refractivity contribution is -0.130. The lowest BCUT2D eigenvalue weighted by atomic mass is 10.2. The van der Waals surface area contributed by atoms with E-state index in [1.807, 2.05) is 12.1 Å². The smallest absolute Gasteiger partial charge is 0.222 e. The molecular formula is C14H20ClNO2. The first-order valence-corrected chi connectivity index (χ1v) is 6.63. The van der Waals surface area contributed by atoms with Crippen LogP contribution in [0, 0.1) is 0 Å². The van der Waals surface area contributed by atoms with Gasteiger partial charge in [-0.25, -0.2) is 0 Å². The lowest BCUT2D eigenvalue weighted by Gasteiger charge is -2.17. The van der Waals surface area contributed by atoms with Crippen molar-refractivity contribution >= 4 is 17.5 Å². The molecule has 100 valence electrons. The number of benzene rings is 1. The molecule has 0 saturated carbocycles. The van der Waals surface area contributed by atoms with Gasteiger partial charge in [0.1, 0.15) is 12.4 Å². The summed E-state index contributed by atoms with van der Waals surface area (Å²) in [6, 6.07) is 7.26. The van der Waals surface area contributed by atoms with E-state index in [0.717, 1.165) is 18.6 Å². The molecular weight excluding hydrogens is 250 g/mol. The summed E-state index contributed by atoms with van der Waals surface area (Å²) in [5, 5.41) is 0.653. The van der Waals surface area contributed by atoms with Gasteiger partial charge in [-0.15, -0.1) is 0 Å². The number of nitrogens with zero attached hydrogens (tertiary/aromatic N) is 1. The molecule has 1 amide bonds. The number of hydrogen-bond donors (Lipinski definition) is 0. The zero-order chi connectivity index (χ0) is 13.4. The Labute approximate surface area is 114 Å². The Kier molecular flexibility index (Phi) is 6.58. The van der Waals surface area contributed by atoms with Crippen LogP contribution in [0.25, 0.3) is 0 Å². The summed E-state index contributed by atoms with van der Waals surface area (Å²) in [5.74, 6) is 0.906. The summed E-state index contributed by atoms with van der Waals surface area (Å²) in [6.45, 7) is 3.15. The van der Waals surface area contributed by atoms with Gasteiger partial charge >= 0.3 is 0 Å². The summed E-state index contributed by atoms with van der Waals surface area (Å²) < 4.78 is 5.53. The molecule has 0 heterocycles. The van der Waals surface area contributed by atoms with Crippen molar-refractivity contribution in [2.75, 3.05) is 20.2 Å². The lowest BCUT2D eigenvalue weighted by Crippen LogP contribution is -2.30. The first-order chi connectivity index (χ1) is 8.63. The van der Waals surface area contributed by atoms with Crippen LogP contribution in [0.5, 0.6) is 5.75 Å². The average Bonchev–Trinajstić information content (AvgIpc) is 2.35. The number of unbranched alkanes of at least 4 members (excludes halogenated alkanes) is 1. The normalized spacial score (nSPS) is 10.2. The zero-order valence-corrected chi connectivity index (χ0v) is 11.7. The molecule has 0 fully saturated rings. The zero-order valence-electron chi connectivity index (χ0n) is 11.0. The minimum Gasteiger partial charge on any atom is -0.492 e. The number of halogens is 1. The fourth-order valence-corrected chi connectivity index (χ4v) is 1.68. The predicted molar refractivity (Wildman–Crippen MR) is 74.1 cm³/mol. The van der Waals surface area contributed by atoms with Crippen molar-refractivity contribution in [1.82, 2.24) is 4.90 Å². The van der Waals surface area contributed by atoms with Gasteiger partial charge in [0.25, 0.3) is 0 Å². The third kappa shape index (κ3) is 5.41. The fraction of sp³-hybridized carbons (Fsp3) is 0.500. The fourth-order valence-electron chi connectivity index (χ4n) is 1.50. The SMILES string of the molecule is CCCCC(=O)N(C)CCOc1cccc(Cl)c1. The molecule has 3 nitrogen and oxygen atoms in total. The number of amides is 1. The first kappa shape index (κ1) is 14.8. The Hall–Kier alpha value is -1.22. The standard InChI is InChI=1S/C14H20ClNO2/c1-3-4-8-14(17)16(2)9-10-18-13-7-5-6-12(15)11-13/h5-7,11H,3-4,8-10H2,1-2H3. The van der Waals surface area contributed by atoms with Gasteiger partial charge in [-0.05, 0) is 24.6 Å². The highest BCUT2D eigenvalue weighted by Crippen LogP contribution is 2.16. The molecule has 0 aromatic heterocycles. The van der Waals surface area contributed by atoms with Gasteiger partial charge in [-0.2, -0.15) is 0 Å². The quantitative estimate of drug-likeness (QED) is 0.760. The summed E-state index contributed by atoms with van der Waals surface area (Å²) in [5.41, 5.74) is 0. The van der Waals surface area contributed by atoms with Crippen LogP contribution in [-0.4, -0.2) is 31.0 Å². The molecule has 0 aliphatic carbocycles. The average molecular weight is 270 g/mol. The van der Waals surface area contributed by atoms with E-state index in [1.165, 1.54) is 0 Å². The van der Waals surface area contributed by atoms with Crippen molar-refractivity contribution < 1.29 is 9.53 Å². The number of likely N-dealkylation sites (N-methyl/N-ethyl adjacent to an activating group) is 1. The molecule has 0 unspecified atom stereocenters. The van der Waals surface area contributed by atoms with Gasteiger partial charge in [0.2, 0.25) is 5.91 Å². The largest absolute Gasteiger partial charge is 0.492 e. The molecule has 1 rings (SSSR count). The van der Waals surface area contributed by atoms with E-state index in [2.05, 4.69) is 6.92 Å². The van der Waals surface area contributed by atoms with E-state index in [4.69, 9.17) is 16.3 Å². The van der Waals surface area contributed by atoms with Crippen LogP contribution < -0.4 is 4.74 Å². The maximum absolute atomic E-state index is 11.6. The second-order valence-electron chi connectivity index (χ2n) is 4.22. The van der Waals surface area contributed by atoms with Gasteiger partial charge < -0.3 is 9.64 Å². The van der Waals surface area contributed by atoms with Crippen molar-refractivity contribution in [2.24, 2.45) is 0 Å². The number of carbonyl (C=O) groups is 1. The Bertz CT molecular complexity index is 382. The summed E-state index contributed by atoms with van der Waals surface area (Å²) in [7, 11) is 1.80. The van der Waals surface area contributed by atoms with Crippen LogP contribution in [0.3, 0.4) is 0 Å². The minimum atomic E-state index is 0.173. The van der Waals surface area contributed by atoms with Crippen molar-refractivity contribution in [3.05, 3.63) is 29.3 Å². The summed E-state index contributed by atoms with van der Waals surface area (Å²) in [4.78, 5) is 13.4. The Morgan fingerprint density at radius 3 is 2.89 bits per heavy atom. The Morgan fingerprint density at radius 1 is 1.44 bits per heavy atom. The highest BCUT2D eigenvalue weighted by Gasteiger charge is 2.07. The molecule has 0 atom stereocenters. The van der Waals surface area contributed by atoms with Gasteiger partial charge in [0.05, 0.1) is 6.54 Å². The van der Waals surface area contributed by atoms with E-state index < -0.39 is 0 Å². The number of carbonyl (C=O) groups excluding carboxylic acids is 1. The molecule has 0 radical (unpaired) electrons. The summed E-state index contributed by atoms with van der Waals surface area (Å²) >= 11 is 5.85. The van der Waals surface area contributed by atoms with Crippen LogP contribution in [0.4, 0.5) is 0 Å². The van der Waals surface area contributed by atoms with E-state index in [-0.39, 0.29) is 5.91 Å². The molecule has 0 N–H and O–H groups in total. The van der Waals surface area contributed by atoms with Gasteiger partial charge in [-0.3, -0.25) is 4.79 Å². The maximum atomic E-state index is 11.6. The van der Waals surface area contributed by atoms with Crippen LogP contribution in [0.1, 0.15) is 26.2 Å². The maximum Gasteiger partial charge on any atom is 0.222 e. The van der Waals surface area contributed by atoms with Crippen LogP contribution in [-0.2, 0) is 4.79 Å². The molecule has 1 aromatic carbocycles. The third-order valence-corrected chi connectivity index (χ3v) is 2.90. The second-order valence-corrected chi connectivity index (χ2v) is 4.66. The topological polar surface area (TPSA) is 29.5 Å². The van der Waals surface area contributed by atoms with Crippen LogP contribution in [0.15, 0.2) is 24.3 Å². The molecule has 4 heteroatoms. The van der Waals surface area contributed by atoms with Gasteiger partial charge in [0, 0.05) is 18.5 Å². The van der Waals surface area contributed by atoms with Gasteiger partial charge in [0.15, 0.2) is 0 Å². The highest BCUT2D eigenvalue weighted by atomic mass is 35.5. The molecule has 1 aromatic rings. The molecule has 18 heavy (non-hydrogen) atoms. The molecule has 0 saturated heterocycles. The van der Waals surface area contributed by atoms with E-state index >= 15 is 0 Å². The van der Waals surface area contributed by atoms with Crippen molar-refractivity contribution in [2.45, 2.75) is 26.2 Å². The molecule has 0 aliphatic rings. The Morgan fingerprint density at radius 2 is 2.22 bits per heavy atom. The van der Waals surface area contributed by atoms with Crippen LogP contribution >= 0.6 is 11.6 Å². The predicted octanol–water partition coefficient (Wildman–Crippen LogP) is 3.37. The second kappa shape index (κ2) is 7.98. The Balaban J connectivity index is 2.26. The van der Waals surface area contributed by atoms with Crippen LogP contribution in [0.2, 0.25) is 5.02 Å². The van der Waals surface area contributed by atoms with E-state index in [0.29, 0.717) is 24.6 Å². The minimum absolute atomic E-state index is 0.173. The number of rotatable bonds is 7. The monoisotopic (exact) mass is 269 g/mol. The van der Waals surface area contributed by atoms with Gasteiger partial charge in [-0.1, -0.05) is 31.0 Å². The van der Waals surface area contributed by atoms with Crippen molar-refractivity contribution in [3.8, 4) is 5.75 Å². The third-order valence-electron chi connectivity index (χ3n) is 2.66. The highest BCUT2D eigenvalue weighted by molar-refractivity contribution is 6.30. The molecule has 0 bridgehead atoms. The molecule has 0 aliphatic heterocycles. The van der Waals surface area contributed by atoms with E-state index in [9.17, 15) is 4.79 Å². The number of ether oxygens (including phenoxy) is 1.